The van der Waals surface area contributed by atoms with Gasteiger partial charge in [0.15, 0.2) is 11.7 Å². The zero-order valence-corrected chi connectivity index (χ0v) is 18.9. The molecule has 0 unspecified atom stereocenters. The Bertz CT molecular complexity index is 982. The highest BCUT2D eigenvalue weighted by Gasteiger charge is 2.16. The molecule has 1 aromatic heterocycles. The van der Waals surface area contributed by atoms with Crippen LogP contribution in [0.5, 0.6) is 0 Å². The van der Waals surface area contributed by atoms with E-state index in [1.165, 1.54) is 31.5 Å². The number of nitrogens with one attached hydrogen (secondary N) is 1. The van der Waals surface area contributed by atoms with Gasteiger partial charge in [0.25, 0.3) is 0 Å². The number of aromatic nitrogens is 1. The average molecular weight is 432 g/mol. The van der Waals surface area contributed by atoms with Gasteiger partial charge in [-0.1, -0.05) is 61.5 Å². The molecule has 5 heteroatoms. The number of hydrogen-bond donors (Lipinski definition) is 1. The highest BCUT2D eigenvalue weighted by molar-refractivity contribution is 5.75. The molecule has 1 N–H and O–H groups in total. The third-order valence-electron chi connectivity index (χ3n) is 6.07. The number of aryl methyl sites for hydroxylation is 1. The van der Waals surface area contributed by atoms with E-state index in [2.05, 4.69) is 46.4 Å². The van der Waals surface area contributed by atoms with Crippen LogP contribution in [-0.2, 0) is 24.3 Å². The molecule has 5 nitrogen and oxygen atoms in total. The molecule has 0 saturated carbocycles. The molecule has 1 aliphatic rings. The van der Waals surface area contributed by atoms with Crippen molar-refractivity contribution in [1.82, 2.24) is 15.2 Å². The monoisotopic (exact) mass is 431 g/mol. The third-order valence-corrected chi connectivity index (χ3v) is 6.07. The fourth-order valence-corrected chi connectivity index (χ4v) is 4.30. The first-order valence-corrected chi connectivity index (χ1v) is 11.7. The molecule has 0 radical (unpaired) electrons. The van der Waals surface area contributed by atoms with Crippen LogP contribution < -0.4 is 5.32 Å². The Morgan fingerprint density at radius 1 is 1.12 bits per heavy atom. The molecule has 4 rings (SSSR count). The van der Waals surface area contributed by atoms with Crippen LogP contribution in [0.4, 0.5) is 0 Å². The number of piperidine rings is 1. The summed E-state index contributed by atoms with van der Waals surface area (Å²) in [4.78, 5) is 19.1. The molecule has 0 spiro atoms. The Kier molecular flexibility index (Phi) is 7.73. The maximum atomic E-state index is 12.2. The zero-order chi connectivity index (χ0) is 22.2. The Balaban J connectivity index is 1.16. The number of amides is 1. The molecule has 2 aromatic carbocycles. The smallest absolute Gasteiger partial charge is 0.220 e. The normalized spacial score (nSPS) is 16.7. The highest BCUT2D eigenvalue weighted by Crippen LogP contribution is 2.21. The maximum Gasteiger partial charge on any atom is 0.220 e. The van der Waals surface area contributed by atoms with Gasteiger partial charge in [-0.15, -0.1) is 0 Å². The predicted octanol–water partition coefficient (Wildman–Crippen LogP) is 5.21. The van der Waals surface area contributed by atoms with Gasteiger partial charge in [-0.2, -0.15) is 0 Å². The summed E-state index contributed by atoms with van der Waals surface area (Å²) in [5.41, 5.74) is 3.49. The van der Waals surface area contributed by atoms with Crippen LogP contribution >= 0.6 is 0 Å². The maximum absolute atomic E-state index is 12.2. The van der Waals surface area contributed by atoms with Crippen molar-refractivity contribution in [3.05, 3.63) is 77.8 Å². The molecule has 32 heavy (non-hydrogen) atoms. The van der Waals surface area contributed by atoms with Gasteiger partial charge in [-0.25, -0.2) is 4.98 Å². The summed E-state index contributed by atoms with van der Waals surface area (Å²) in [6, 6.07) is 18.6. The van der Waals surface area contributed by atoms with E-state index in [4.69, 9.17) is 4.42 Å². The summed E-state index contributed by atoms with van der Waals surface area (Å²) in [5.74, 6) is 2.30. The summed E-state index contributed by atoms with van der Waals surface area (Å²) >= 11 is 0. The van der Waals surface area contributed by atoms with Crippen molar-refractivity contribution in [2.75, 3.05) is 13.1 Å². The Morgan fingerprint density at radius 2 is 1.91 bits per heavy atom. The average Bonchev–Trinajstić information content (AvgIpc) is 3.28. The number of rotatable bonds is 9. The van der Waals surface area contributed by atoms with E-state index in [9.17, 15) is 4.79 Å². The molecular weight excluding hydrogens is 398 g/mol. The van der Waals surface area contributed by atoms with Crippen molar-refractivity contribution < 1.29 is 9.21 Å². The fourth-order valence-electron chi connectivity index (χ4n) is 4.30. The van der Waals surface area contributed by atoms with Gasteiger partial charge >= 0.3 is 0 Å². The van der Waals surface area contributed by atoms with Crippen LogP contribution in [-0.4, -0.2) is 28.9 Å². The van der Waals surface area contributed by atoms with Crippen molar-refractivity contribution in [3.8, 4) is 11.3 Å². The van der Waals surface area contributed by atoms with Crippen LogP contribution in [0.15, 0.2) is 65.2 Å². The van der Waals surface area contributed by atoms with Crippen molar-refractivity contribution in [2.24, 2.45) is 5.92 Å². The van der Waals surface area contributed by atoms with E-state index in [-0.39, 0.29) is 5.91 Å². The summed E-state index contributed by atoms with van der Waals surface area (Å²) in [6.07, 6.45) is 6.24. The quantitative estimate of drug-likeness (QED) is 0.505. The van der Waals surface area contributed by atoms with Crippen LogP contribution in [0.25, 0.3) is 11.3 Å². The Labute approximate surface area is 190 Å². The molecule has 1 fully saturated rings. The van der Waals surface area contributed by atoms with Crippen LogP contribution in [0.2, 0.25) is 0 Å². The fraction of sp³-hybridized carbons (Fsp3) is 0.407. The minimum absolute atomic E-state index is 0.0613. The lowest BCUT2D eigenvalue weighted by Gasteiger charge is -2.30. The number of carbonyl (C=O) groups is 1. The number of oxazole rings is 1. The number of nitrogens with zero attached hydrogens (tertiary/aromatic N) is 2. The second-order valence-corrected chi connectivity index (χ2v) is 8.91. The second kappa shape index (κ2) is 11.1. The summed E-state index contributed by atoms with van der Waals surface area (Å²) in [6.45, 7) is 6.31. The van der Waals surface area contributed by atoms with Crippen molar-refractivity contribution in [2.45, 2.75) is 52.1 Å². The molecule has 1 atom stereocenters. The van der Waals surface area contributed by atoms with Gasteiger partial charge in [0.1, 0.15) is 0 Å². The van der Waals surface area contributed by atoms with Crippen LogP contribution in [0.3, 0.4) is 0 Å². The van der Waals surface area contributed by atoms with Gasteiger partial charge in [0, 0.05) is 38.0 Å². The minimum Gasteiger partial charge on any atom is -0.441 e. The molecule has 2 heterocycles. The van der Waals surface area contributed by atoms with E-state index in [1.807, 2.05) is 30.3 Å². The first kappa shape index (κ1) is 22.3. The van der Waals surface area contributed by atoms with Crippen molar-refractivity contribution in [1.29, 1.82) is 0 Å². The number of hydrogen-bond acceptors (Lipinski definition) is 4. The van der Waals surface area contributed by atoms with Crippen LogP contribution in [0.1, 0.15) is 49.6 Å². The first-order valence-electron chi connectivity index (χ1n) is 11.7. The van der Waals surface area contributed by atoms with E-state index in [0.717, 1.165) is 29.3 Å². The molecule has 1 saturated heterocycles. The van der Waals surface area contributed by atoms with Crippen molar-refractivity contribution in [3.63, 3.8) is 0 Å². The standard InChI is InChI=1S/C27H33N3O2/c1-21-7-6-16-30(19-21)20-23-14-12-22(13-15-23)17-28-26(31)10-5-11-27-29-18-25(32-27)24-8-3-2-4-9-24/h2-4,8-9,12-15,18,21H,5-7,10-11,16-17,19-20H2,1H3,(H,28,31)/t21-/m0/s1. The lowest BCUT2D eigenvalue weighted by molar-refractivity contribution is -0.121. The Hall–Kier alpha value is -2.92. The van der Waals surface area contributed by atoms with Crippen molar-refractivity contribution >= 4 is 5.91 Å². The highest BCUT2D eigenvalue weighted by atomic mass is 16.4. The first-order chi connectivity index (χ1) is 15.7. The molecule has 0 aliphatic carbocycles. The van der Waals surface area contributed by atoms with Gasteiger partial charge in [0.05, 0.1) is 6.20 Å². The number of benzene rings is 2. The molecule has 1 amide bonds. The lowest BCUT2D eigenvalue weighted by atomic mass is 9.99. The molecule has 168 valence electrons. The SMILES string of the molecule is C[C@H]1CCCN(Cc2ccc(CNC(=O)CCCc3ncc(-c4ccccc4)o3)cc2)C1. The predicted molar refractivity (Wildman–Crippen MR) is 127 cm³/mol. The van der Waals surface area contributed by atoms with Crippen LogP contribution in [0, 0.1) is 5.92 Å². The minimum atomic E-state index is 0.0613. The second-order valence-electron chi connectivity index (χ2n) is 8.91. The molecular formula is C27H33N3O2. The molecule has 3 aromatic rings. The van der Waals surface area contributed by atoms with Gasteiger partial charge in [0.2, 0.25) is 5.91 Å². The van der Waals surface area contributed by atoms with E-state index in [0.29, 0.717) is 31.7 Å². The van der Waals surface area contributed by atoms with E-state index in [1.54, 1.807) is 6.20 Å². The molecule has 0 bridgehead atoms. The Morgan fingerprint density at radius 3 is 2.69 bits per heavy atom. The lowest BCUT2D eigenvalue weighted by Crippen LogP contribution is -2.33. The largest absolute Gasteiger partial charge is 0.441 e. The number of carbonyl (C=O) groups excluding carboxylic acids is 1. The summed E-state index contributed by atoms with van der Waals surface area (Å²) in [5, 5.41) is 3.02. The zero-order valence-electron chi connectivity index (χ0n) is 18.9. The van der Waals surface area contributed by atoms with Gasteiger partial charge < -0.3 is 9.73 Å². The molecule has 1 aliphatic heterocycles. The van der Waals surface area contributed by atoms with E-state index < -0.39 is 0 Å². The van der Waals surface area contributed by atoms with Gasteiger partial charge in [-0.05, 0) is 42.9 Å². The summed E-state index contributed by atoms with van der Waals surface area (Å²) in [7, 11) is 0. The topological polar surface area (TPSA) is 58.4 Å². The third kappa shape index (κ3) is 6.54. The van der Waals surface area contributed by atoms with Gasteiger partial charge in [-0.3, -0.25) is 9.69 Å². The summed E-state index contributed by atoms with van der Waals surface area (Å²) < 4.78 is 5.81. The van der Waals surface area contributed by atoms with E-state index >= 15 is 0 Å². The number of likely N-dealkylation sites (tertiary alicyclic amines) is 1.